The number of rotatable bonds is 6. The van der Waals surface area contributed by atoms with Gasteiger partial charge in [-0.1, -0.05) is 17.3 Å². The van der Waals surface area contributed by atoms with E-state index in [1.807, 2.05) is 19.1 Å². The molecule has 0 amide bonds. The molecule has 0 bridgehead atoms. The average Bonchev–Trinajstić information content (AvgIpc) is 3.18. The minimum Gasteiger partial charge on any atom is -0.506 e. The number of phenols is 1. The van der Waals surface area contributed by atoms with Crippen LogP contribution in [0.5, 0.6) is 5.75 Å². The third kappa shape index (κ3) is 4.01. The van der Waals surface area contributed by atoms with Crippen molar-refractivity contribution in [1.29, 1.82) is 10.8 Å². The molecule has 0 aliphatic rings. The van der Waals surface area contributed by atoms with E-state index in [4.69, 9.17) is 20.3 Å². The summed E-state index contributed by atoms with van der Waals surface area (Å²) in [5.74, 6) is 0.0978. The molecule has 0 aliphatic heterocycles. The summed E-state index contributed by atoms with van der Waals surface area (Å²) in [5.41, 5.74) is 3.06. The van der Waals surface area contributed by atoms with E-state index in [2.05, 4.69) is 10.3 Å². The van der Waals surface area contributed by atoms with Crippen molar-refractivity contribution in [2.24, 2.45) is 0 Å². The molecule has 8 heteroatoms. The molecule has 0 spiro atoms. The van der Waals surface area contributed by atoms with E-state index in [1.165, 1.54) is 10.7 Å². The third-order valence-electron chi connectivity index (χ3n) is 4.00. The fraction of sp³-hybridized carbons (Fsp3) is 0.200. The molecule has 1 heterocycles. The number of hydrogen-bond acceptors (Lipinski definition) is 7. The van der Waals surface area contributed by atoms with Crippen molar-refractivity contribution in [2.75, 3.05) is 13.2 Å². The first-order valence-corrected chi connectivity index (χ1v) is 8.83. The molecule has 0 unspecified atom stereocenters. The highest BCUT2D eigenvalue weighted by molar-refractivity contribution is 5.92. The number of nitrogens with one attached hydrogen (secondary N) is 2. The number of phenolic OH excluding ortho intramolecular Hbond substituents is 1. The van der Waals surface area contributed by atoms with Gasteiger partial charge in [-0.05, 0) is 44.2 Å². The summed E-state index contributed by atoms with van der Waals surface area (Å²) in [6.07, 6.45) is 1.70. The van der Waals surface area contributed by atoms with E-state index in [-0.39, 0.29) is 17.5 Å². The van der Waals surface area contributed by atoms with Crippen molar-refractivity contribution in [3.63, 3.8) is 0 Å². The molecule has 0 atom stereocenters. The maximum Gasteiger partial charge on any atom is 0.213 e. The van der Waals surface area contributed by atoms with Gasteiger partial charge in [0.2, 0.25) is 11.8 Å². The lowest BCUT2D eigenvalue weighted by Crippen LogP contribution is -2.05. The van der Waals surface area contributed by atoms with Crippen molar-refractivity contribution in [2.45, 2.75) is 13.8 Å². The number of nitrogens with zero attached hydrogens (tertiary/aromatic N) is 3. The molecular formula is C20H21N5O3. The molecule has 0 saturated heterocycles. The molecule has 0 saturated carbocycles. The zero-order valence-electron chi connectivity index (χ0n) is 15.6. The third-order valence-corrected chi connectivity index (χ3v) is 4.00. The van der Waals surface area contributed by atoms with E-state index >= 15 is 0 Å². The van der Waals surface area contributed by atoms with Crippen molar-refractivity contribution in [3.8, 4) is 22.7 Å². The Morgan fingerprint density at radius 3 is 2.18 bits per heavy atom. The molecule has 28 heavy (non-hydrogen) atoms. The van der Waals surface area contributed by atoms with Crippen molar-refractivity contribution < 1.29 is 14.6 Å². The number of hydrogen-bond donors (Lipinski definition) is 3. The van der Waals surface area contributed by atoms with Crippen LogP contribution in [0.25, 0.3) is 16.9 Å². The Labute approximate surface area is 162 Å². The summed E-state index contributed by atoms with van der Waals surface area (Å²) < 4.78 is 11.8. The van der Waals surface area contributed by atoms with Crippen molar-refractivity contribution in [3.05, 3.63) is 59.8 Å². The lowest BCUT2D eigenvalue weighted by Gasteiger charge is -2.08. The maximum absolute atomic E-state index is 10.3. The molecular weight excluding hydrogens is 358 g/mol. The Hall–Kier alpha value is -3.68. The van der Waals surface area contributed by atoms with Gasteiger partial charge in [0.25, 0.3) is 0 Å². The van der Waals surface area contributed by atoms with Gasteiger partial charge >= 0.3 is 0 Å². The quantitative estimate of drug-likeness (QED) is 0.448. The monoisotopic (exact) mass is 379 g/mol. The smallest absolute Gasteiger partial charge is 0.213 e. The first-order valence-electron chi connectivity index (χ1n) is 8.83. The van der Waals surface area contributed by atoms with E-state index in [0.29, 0.717) is 35.7 Å². The standard InChI is InChI=1S/C20H21N5O3/c1-3-27-19(21)14-7-5-13(6-8-14)16-12-25(24-23-16)17-10-9-15(11-18(17)26)20(22)28-4-2/h5-12,21-22,26H,3-4H2,1-2H3. The number of benzene rings is 2. The lowest BCUT2D eigenvalue weighted by atomic mass is 10.1. The summed E-state index contributed by atoms with van der Waals surface area (Å²) in [6.45, 7) is 4.46. The molecule has 8 nitrogen and oxygen atoms in total. The normalized spacial score (nSPS) is 10.5. The van der Waals surface area contributed by atoms with Gasteiger partial charge in [-0.2, -0.15) is 0 Å². The average molecular weight is 379 g/mol. The topological polar surface area (TPSA) is 117 Å². The Morgan fingerprint density at radius 1 is 0.964 bits per heavy atom. The number of ether oxygens (including phenoxy) is 2. The van der Waals surface area contributed by atoms with Crippen LogP contribution in [0.4, 0.5) is 0 Å². The second kappa shape index (κ2) is 8.34. The van der Waals surface area contributed by atoms with Gasteiger partial charge in [0.1, 0.15) is 17.1 Å². The fourth-order valence-electron chi connectivity index (χ4n) is 2.62. The highest BCUT2D eigenvalue weighted by Gasteiger charge is 2.12. The van der Waals surface area contributed by atoms with Gasteiger partial charge in [-0.3, -0.25) is 10.8 Å². The van der Waals surface area contributed by atoms with Crippen LogP contribution in [-0.2, 0) is 9.47 Å². The highest BCUT2D eigenvalue weighted by atomic mass is 16.5. The van der Waals surface area contributed by atoms with Crippen molar-refractivity contribution in [1.82, 2.24) is 15.0 Å². The van der Waals surface area contributed by atoms with Crippen molar-refractivity contribution >= 4 is 11.8 Å². The van der Waals surface area contributed by atoms with Gasteiger partial charge in [0, 0.05) is 16.7 Å². The summed E-state index contributed by atoms with van der Waals surface area (Å²) in [6, 6.07) is 12.1. The van der Waals surface area contributed by atoms with Gasteiger partial charge in [0.15, 0.2) is 0 Å². The van der Waals surface area contributed by atoms with E-state index in [9.17, 15) is 5.11 Å². The fourth-order valence-corrected chi connectivity index (χ4v) is 2.62. The molecule has 144 valence electrons. The molecule has 3 aromatic rings. The van der Waals surface area contributed by atoms with E-state index in [0.717, 1.165) is 5.56 Å². The SMILES string of the molecule is CCOC(=N)c1ccc(-c2cn(-c3ccc(C(=N)OCC)cc3O)nn2)cc1. The minimum atomic E-state index is -0.0288. The summed E-state index contributed by atoms with van der Waals surface area (Å²) in [7, 11) is 0. The first kappa shape index (κ1) is 19.1. The molecule has 0 aliphatic carbocycles. The number of aromatic hydroxyl groups is 1. The first-order chi connectivity index (χ1) is 13.5. The van der Waals surface area contributed by atoms with Gasteiger partial charge in [-0.15, -0.1) is 5.10 Å². The van der Waals surface area contributed by atoms with Crippen LogP contribution in [0.1, 0.15) is 25.0 Å². The highest BCUT2D eigenvalue weighted by Crippen LogP contribution is 2.25. The van der Waals surface area contributed by atoms with Crippen LogP contribution < -0.4 is 0 Å². The second-order valence-corrected chi connectivity index (χ2v) is 5.85. The van der Waals surface area contributed by atoms with E-state index < -0.39 is 0 Å². The maximum atomic E-state index is 10.3. The Bertz CT molecular complexity index is 995. The Morgan fingerprint density at radius 2 is 1.57 bits per heavy atom. The zero-order chi connectivity index (χ0) is 20.1. The van der Waals surface area contributed by atoms with Crippen LogP contribution in [0.15, 0.2) is 48.7 Å². The van der Waals surface area contributed by atoms with Crippen LogP contribution in [-0.4, -0.2) is 45.1 Å². The van der Waals surface area contributed by atoms with Crippen LogP contribution in [0.3, 0.4) is 0 Å². The summed E-state index contributed by atoms with van der Waals surface area (Å²) >= 11 is 0. The molecule has 2 aromatic carbocycles. The summed E-state index contributed by atoms with van der Waals surface area (Å²) in [4.78, 5) is 0. The van der Waals surface area contributed by atoms with Gasteiger partial charge < -0.3 is 14.6 Å². The Balaban J connectivity index is 1.82. The molecule has 0 fully saturated rings. The van der Waals surface area contributed by atoms with E-state index in [1.54, 1.807) is 37.4 Å². The molecule has 1 aromatic heterocycles. The Kier molecular flexibility index (Phi) is 5.69. The lowest BCUT2D eigenvalue weighted by molar-refractivity contribution is 0.325. The second-order valence-electron chi connectivity index (χ2n) is 5.85. The number of aromatic nitrogens is 3. The predicted molar refractivity (Wildman–Crippen MR) is 105 cm³/mol. The predicted octanol–water partition coefficient (Wildman–Crippen LogP) is 3.36. The zero-order valence-corrected chi connectivity index (χ0v) is 15.6. The van der Waals surface area contributed by atoms with Gasteiger partial charge in [0.05, 0.1) is 19.4 Å². The van der Waals surface area contributed by atoms with Crippen LogP contribution >= 0.6 is 0 Å². The van der Waals surface area contributed by atoms with Crippen LogP contribution in [0, 0.1) is 10.8 Å². The minimum absolute atomic E-state index is 0.00124. The summed E-state index contributed by atoms with van der Waals surface area (Å²) in [5, 5.41) is 34.2. The molecule has 3 N–H and O–H groups in total. The largest absolute Gasteiger partial charge is 0.506 e. The van der Waals surface area contributed by atoms with Crippen LogP contribution in [0.2, 0.25) is 0 Å². The van der Waals surface area contributed by atoms with Gasteiger partial charge in [-0.25, -0.2) is 4.68 Å². The molecule has 3 rings (SSSR count). The molecule has 0 radical (unpaired) electrons.